The number of methoxy groups -OCH3 is 1. The average molecular weight is 423 g/mol. The van der Waals surface area contributed by atoms with Crippen molar-refractivity contribution in [3.05, 3.63) is 52.5 Å². The summed E-state index contributed by atoms with van der Waals surface area (Å²) in [5.74, 6) is -0.505. The second-order valence-corrected chi connectivity index (χ2v) is 8.93. The van der Waals surface area contributed by atoms with Crippen LogP contribution >= 0.6 is 11.6 Å². The van der Waals surface area contributed by atoms with Crippen LogP contribution < -0.4 is 14.2 Å². The van der Waals surface area contributed by atoms with E-state index in [4.69, 9.17) is 26.3 Å². The van der Waals surface area contributed by atoms with E-state index >= 15 is 0 Å². The van der Waals surface area contributed by atoms with Crippen LogP contribution in [0.15, 0.2) is 41.3 Å². The molecule has 0 saturated carbocycles. The molecule has 2 aromatic rings. The number of esters is 1. The van der Waals surface area contributed by atoms with E-state index in [1.165, 1.54) is 37.4 Å². The summed E-state index contributed by atoms with van der Waals surface area (Å²) in [6.45, 7) is 5.06. The molecule has 0 radical (unpaired) electrons. The summed E-state index contributed by atoms with van der Waals surface area (Å²) in [4.78, 5) is 12.3. The van der Waals surface area contributed by atoms with Crippen molar-refractivity contribution in [2.24, 2.45) is 0 Å². The fraction of sp³-hybridized carbons (Fsp3) is 0.263. The van der Waals surface area contributed by atoms with Gasteiger partial charge >= 0.3 is 5.97 Å². The quantitative estimate of drug-likeness (QED) is 0.583. The lowest BCUT2D eigenvalue weighted by Gasteiger charge is -2.21. The van der Waals surface area contributed by atoms with Crippen molar-refractivity contribution in [3.8, 4) is 17.6 Å². The average Bonchev–Trinajstić information content (AvgIpc) is 2.60. The van der Waals surface area contributed by atoms with E-state index in [-0.39, 0.29) is 27.0 Å². The van der Waals surface area contributed by atoms with Gasteiger partial charge < -0.3 is 9.47 Å². The Morgan fingerprint density at radius 3 is 2.39 bits per heavy atom. The highest BCUT2D eigenvalue weighted by Crippen LogP contribution is 2.30. The summed E-state index contributed by atoms with van der Waals surface area (Å²) in [5.41, 5.74) is -0.399. The molecule has 1 N–H and O–H groups in total. The van der Waals surface area contributed by atoms with Crippen molar-refractivity contribution in [2.75, 3.05) is 7.11 Å². The summed E-state index contributed by atoms with van der Waals surface area (Å²) in [6.07, 6.45) is 0. The molecule has 2 aromatic carbocycles. The van der Waals surface area contributed by atoms with Gasteiger partial charge in [-0.25, -0.2) is 17.9 Å². The number of carbonyl (C=O) groups is 1. The number of hydrogen-bond donors (Lipinski definition) is 1. The van der Waals surface area contributed by atoms with Gasteiger partial charge in [-0.15, -0.1) is 0 Å². The smallest absolute Gasteiger partial charge is 0.343 e. The van der Waals surface area contributed by atoms with Crippen LogP contribution in [0, 0.1) is 11.3 Å². The summed E-state index contributed by atoms with van der Waals surface area (Å²) in [6, 6.07) is 10.1. The lowest BCUT2D eigenvalue weighted by atomic mass is 10.1. The van der Waals surface area contributed by atoms with E-state index < -0.39 is 21.5 Å². The summed E-state index contributed by atoms with van der Waals surface area (Å²) >= 11 is 6.03. The Kier molecular flexibility index (Phi) is 6.34. The second kappa shape index (κ2) is 8.19. The van der Waals surface area contributed by atoms with E-state index in [2.05, 4.69) is 4.72 Å². The van der Waals surface area contributed by atoms with Gasteiger partial charge in [0, 0.05) is 11.6 Å². The molecular formula is C19H19ClN2O5S. The molecular weight excluding hydrogens is 404 g/mol. The maximum Gasteiger partial charge on any atom is 0.343 e. The molecule has 7 nitrogen and oxygen atoms in total. The summed E-state index contributed by atoms with van der Waals surface area (Å²) in [5, 5.41) is 8.91. The van der Waals surface area contributed by atoms with E-state index in [1.54, 1.807) is 20.8 Å². The Labute approximate surface area is 168 Å². The number of hydrogen-bond acceptors (Lipinski definition) is 6. The minimum atomic E-state index is -3.95. The molecule has 148 valence electrons. The fourth-order valence-corrected chi connectivity index (χ4v) is 4.22. The van der Waals surface area contributed by atoms with Gasteiger partial charge in [0.15, 0.2) is 11.5 Å². The van der Waals surface area contributed by atoms with Gasteiger partial charge in [0.05, 0.1) is 29.3 Å². The molecule has 0 saturated heterocycles. The van der Waals surface area contributed by atoms with Crippen LogP contribution in [-0.4, -0.2) is 27.0 Å². The molecule has 0 atom stereocenters. The zero-order chi connectivity index (χ0) is 21.1. The van der Waals surface area contributed by atoms with Crippen LogP contribution in [-0.2, 0) is 10.0 Å². The largest absolute Gasteiger partial charge is 0.493 e. The van der Waals surface area contributed by atoms with Gasteiger partial charge in [-0.3, -0.25) is 0 Å². The fourth-order valence-electron chi connectivity index (χ4n) is 2.27. The Morgan fingerprint density at radius 2 is 1.82 bits per heavy atom. The molecule has 0 amide bonds. The molecule has 0 unspecified atom stereocenters. The Morgan fingerprint density at radius 1 is 1.14 bits per heavy atom. The molecule has 0 fully saturated rings. The highest BCUT2D eigenvalue weighted by atomic mass is 35.5. The van der Waals surface area contributed by atoms with E-state index in [9.17, 15) is 13.2 Å². The minimum absolute atomic E-state index is 0.00917. The summed E-state index contributed by atoms with van der Waals surface area (Å²) in [7, 11) is -2.58. The molecule has 0 aliphatic carbocycles. The maximum absolute atomic E-state index is 12.6. The summed E-state index contributed by atoms with van der Waals surface area (Å²) < 4.78 is 38.1. The number of benzene rings is 2. The third-order valence-electron chi connectivity index (χ3n) is 3.39. The topological polar surface area (TPSA) is 105 Å². The van der Waals surface area contributed by atoms with Crippen LogP contribution in [0.4, 0.5) is 0 Å². The second-order valence-electron chi connectivity index (χ2n) is 6.87. The van der Waals surface area contributed by atoms with Crippen LogP contribution in [0.25, 0.3) is 0 Å². The first-order valence-electron chi connectivity index (χ1n) is 8.10. The van der Waals surface area contributed by atoms with Crippen LogP contribution in [0.5, 0.6) is 11.5 Å². The molecule has 9 heteroatoms. The minimum Gasteiger partial charge on any atom is -0.493 e. The first-order valence-corrected chi connectivity index (χ1v) is 9.97. The van der Waals surface area contributed by atoms with E-state index in [0.29, 0.717) is 5.56 Å². The van der Waals surface area contributed by atoms with Crippen molar-refractivity contribution in [1.29, 1.82) is 5.26 Å². The van der Waals surface area contributed by atoms with Crippen molar-refractivity contribution in [1.82, 2.24) is 4.72 Å². The third-order valence-corrected chi connectivity index (χ3v) is 5.63. The Hall–Kier alpha value is -2.60. The van der Waals surface area contributed by atoms with E-state index in [1.807, 2.05) is 6.07 Å². The number of nitriles is 1. The molecule has 0 aliphatic heterocycles. The van der Waals surface area contributed by atoms with Crippen LogP contribution in [0.1, 0.15) is 36.7 Å². The monoisotopic (exact) mass is 422 g/mol. The molecule has 2 rings (SSSR count). The van der Waals surface area contributed by atoms with Crippen LogP contribution in [0.2, 0.25) is 5.02 Å². The van der Waals surface area contributed by atoms with Gasteiger partial charge in [-0.1, -0.05) is 11.6 Å². The molecule has 0 bridgehead atoms. The standard InChI is InChI=1S/C19H19ClN2O5S/c1-19(2,3)22-28(24,25)17-10-13(6-7-14(17)20)18(23)27-15-8-5-12(11-21)9-16(15)26-4/h5-10,22H,1-4H3. The van der Waals surface area contributed by atoms with Gasteiger partial charge in [0.2, 0.25) is 10.0 Å². The zero-order valence-electron chi connectivity index (χ0n) is 15.7. The highest BCUT2D eigenvalue weighted by molar-refractivity contribution is 7.89. The van der Waals surface area contributed by atoms with Gasteiger partial charge in [0.1, 0.15) is 4.90 Å². The molecule has 0 aromatic heterocycles. The number of carbonyl (C=O) groups excluding carboxylic acids is 1. The lowest BCUT2D eigenvalue weighted by molar-refractivity contribution is 0.0729. The number of nitrogens with zero attached hydrogens (tertiary/aromatic N) is 1. The predicted octanol–water partition coefficient (Wildman–Crippen LogP) is 3.52. The Balaban J connectivity index is 2.37. The van der Waals surface area contributed by atoms with Crippen LogP contribution in [0.3, 0.4) is 0 Å². The SMILES string of the molecule is COc1cc(C#N)ccc1OC(=O)c1ccc(Cl)c(S(=O)(=O)NC(C)(C)C)c1. The molecule has 0 spiro atoms. The number of halogens is 1. The number of nitrogens with one attached hydrogen (secondary N) is 1. The number of ether oxygens (including phenoxy) is 2. The third kappa shape index (κ3) is 5.23. The first-order chi connectivity index (χ1) is 13.0. The number of rotatable bonds is 5. The normalized spacial score (nSPS) is 11.6. The van der Waals surface area contributed by atoms with Crippen molar-refractivity contribution in [3.63, 3.8) is 0 Å². The molecule has 28 heavy (non-hydrogen) atoms. The maximum atomic E-state index is 12.6. The highest BCUT2D eigenvalue weighted by Gasteiger charge is 2.26. The van der Waals surface area contributed by atoms with Gasteiger partial charge in [0.25, 0.3) is 0 Å². The Bertz CT molecular complexity index is 1050. The van der Waals surface area contributed by atoms with Crippen molar-refractivity contribution < 1.29 is 22.7 Å². The predicted molar refractivity (Wildman–Crippen MR) is 104 cm³/mol. The van der Waals surface area contributed by atoms with E-state index in [0.717, 1.165) is 6.07 Å². The van der Waals surface area contributed by atoms with Crippen molar-refractivity contribution >= 4 is 27.6 Å². The van der Waals surface area contributed by atoms with Gasteiger partial charge in [-0.2, -0.15) is 5.26 Å². The first kappa shape index (κ1) is 21.7. The van der Waals surface area contributed by atoms with Crippen molar-refractivity contribution in [2.45, 2.75) is 31.2 Å². The number of sulfonamides is 1. The molecule has 0 aliphatic rings. The zero-order valence-corrected chi connectivity index (χ0v) is 17.3. The molecule has 0 heterocycles. The lowest BCUT2D eigenvalue weighted by Crippen LogP contribution is -2.40. The van der Waals surface area contributed by atoms with Gasteiger partial charge in [-0.05, 0) is 51.1 Å².